The van der Waals surface area contributed by atoms with E-state index in [4.69, 9.17) is 10.8 Å². The van der Waals surface area contributed by atoms with E-state index in [1.807, 2.05) is 24.3 Å². The maximum atomic E-state index is 11.1. The van der Waals surface area contributed by atoms with Crippen molar-refractivity contribution in [1.29, 1.82) is 0 Å². The fraction of sp³-hybridized carbons (Fsp3) is 0. The molecule has 0 fully saturated rings. The normalized spacial score (nSPS) is 10.2. The molecule has 3 N–H and O–H groups in total. The molecule has 0 bridgehead atoms. The summed E-state index contributed by atoms with van der Waals surface area (Å²) in [5.41, 5.74) is 7.78. The highest BCUT2D eigenvalue weighted by atomic mass is 79.9. The third kappa shape index (κ3) is 2.47. The molecule has 86 valence electrons. The molecule has 0 aliphatic carbocycles. The SMILES string of the molecule is Nc1ccc(-c2ccc(Br)cc2)c(C(=O)O)c1. The van der Waals surface area contributed by atoms with E-state index in [2.05, 4.69) is 15.9 Å². The number of hydrogen-bond donors (Lipinski definition) is 2. The fourth-order valence-electron chi connectivity index (χ4n) is 1.62. The minimum atomic E-state index is -0.977. The van der Waals surface area contributed by atoms with Crippen molar-refractivity contribution in [3.8, 4) is 11.1 Å². The highest BCUT2D eigenvalue weighted by Crippen LogP contribution is 2.27. The van der Waals surface area contributed by atoms with Gasteiger partial charge in [-0.05, 0) is 35.4 Å². The van der Waals surface area contributed by atoms with Crippen LogP contribution < -0.4 is 5.73 Å². The lowest BCUT2D eigenvalue weighted by molar-refractivity contribution is 0.0698. The van der Waals surface area contributed by atoms with Crippen LogP contribution in [0.1, 0.15) is 10.4 Å². The first-order valence-electron chi connectivity index (χ1n) is 4.96. The first-order valence-corrected chi connectivity index (χ1v) is 5.76. The Labute approximate surface area is 107 Å². The van der Waals surface area contributed by atoms with Crippen LogP contribution >= 0.6 is 15.9 Å². The van der Waals surface area contributed by atoms with E-state index in [0.717, 1.165) is 10.0 Å². The number of benzene rings is 2. The second-order valence-electron chi connectivity index (χ2n) is 3.62. The lowest BCUT2D eigenvalue weighted by Gasteiger charge is -2.07. The topological polar surface area (TPSA) is 63.3 Å². The van der Waals surface area contributed by atoms with Gasteiger partial charge in [0.15, 0.2) is 0 Å². The number of carboxylic acids is 1. The third-order valence-corrected chi connectivity index (χ3v) is 2.96. The van der Waals surface area contributed by atoms with Crippen molar-refractivity contribution in [2.24, 2.45) is 0 Å². The van der Waals surface area contributed by atoms with Crippen molar-refractivity contribution in [3.63, 3.8) is 0 Å². The molecule has 0 radical (unpaired) electrons. The molecule has 0 aliphatic rings. The van der Waals surface area contributed by atoms with Gasteiger partial charge in [0, 0.05) is 10.2 Å². The molecule has 0 aliphatic heterocycles. The maximum absolute atomic E-state index is 11.1. The van der Waals surface area contributed by atoms with Gasteiger partial charge in [0.2, 0.25) is 0 Å². The molecule has 3 nitrogen and oxygen atoms in total. The average Bonchev–Trinajstić information content (AvgIpc) is 2.30. The summed E-state index contributed by atoms with van der Waals surface area (Å²) in [4.78, 5) is 11.1. The molecule has 0 heterocycles. The number of nitrogens with two attached hydrogens (primary N) is 1. The summed E-state index contributed by atoms with van der Waals surface area (Å²) in [6.07, 6.45) is 0. The average molecular weight is 292 g/mol. The Kier molecular flexibility index (Phi) is 3.15. The molecule has 0 amide bonds. The van der Waals surface area contributed by atoms with Gasteiger partial charge in [-0.25, -0.2) is 4.79 Å². The van der Waals surface area contributed by atoms with Crippen LogP contribution in [0.3, 0.4) is 0 Å². The van der Waals surface area contributed by atoms with Gasteiger partial charge in [0.25, 0.3) is 0 Å². The number of rotatable bonds is 2. The number of nitrogen functional groups attached to an aromatic ring is 1. The van der Waals surface area contributed by atoms with Crippen molar-refractivity contribution < 1.29 is 9.90 Å². The monoisotopic (exact) mass is 291 g/mol. The van der Waals surface area contributed by atoms with Gasteiger partial charge in [0.1, 0.15) is 0 Å². The maximum Gasteiger partial charge on any atom is 0.336 e. The number of anilines is 1. The molecule has 2 aromatic carbocycles. The number of aromatic carboxylic acids is 1. The molecule has 0 spiro atoms. The van der Waals surface area contributed by atoms with E-state index in [-0.39, 0.29) is 5.56 Å². The first-order chi connectivity index (χ1) is 8.08. The highest BCUT2D eigenvalue weighted by molar-refractivity contribution is 9.10. The van der Waals surface area contributed by atoms with Gasteiger partial charge < -0.3 is 10.8 Å². The van der Waals surface area contributed by atoms with Gasteiger partial charge >= 0.3 is 5.97 Å². The molecule has 4 heteroatoms. The summed E-state index contributed by atoms with van der Waals surface area (Å²) in [6, 6.07) is 12.4. The standard InChI is InChI=1S/C13H10BrNO2/c14-9-3-1-8(2-4-9)11-6-5-10(15)7-12(11)13(16)17/h1-7H,15H2,(H,16,17). The van der Waals surface area contributed by atoms with Crippen LogP contribution in [0.15, 0.2) is 46.9 Å². The van der Waals surface area contributed by atoms with E-state index in [1.165, 1.54) is 6.07 Å². The van der Waals surface area contributed by atoms with Gasteiger partial charge in [0.05, 0.1) is 5.56 Å². The second kappa shape index (κ2) is 4.59. The van der Waals surface area contributed by atoms with Crippen molar-refractivity contribution >= 4 is 27.6 Å². The van der Waals surface area contributed by atoms with Crippen LogP contribution in [0.2, 0.25) is 0 Å². The predicted octanol–water partition coefficient (Wildman–Crippen LogP) is 3.40. The summed E-state index contributed by atoms with van der Waals surface area (Å²) in [5, 5.41) is 9.14. The molecular weight excluding hydrogens is 282 g/mol. The minimum absolute atomic E-state index is 0.215. The summed E-state index contributed by atoms with van der Waals surface area (Å²) in [5.74, 6) is -0.977. The summed E-state index contributed by atoms with van der Waals surface area (Å²) >= 11 is 3.34. The molecular formula is C13H10BrNO2. The molecule has 2 rings (SSSR count). The van der Waals surface area contributed by atoms with Crippen LogP contribution in [-0.2, 0) is 0 Å². The zero-order chi connectivity index (χ0) is 12.4. The Balaban J connectivity index is 2.58. The lowest BCUT2D eigenvalue weighted by Crippen LogP contribution is -2.01. The van der Waals surface area contributed by atoms with E-state index in [0.29, 0.717) is 11.3 Å². The Bertz CT molecular complexity index is 564. The summed E-state index contributed by atoms with van der Waals surface area (Å²) in [6.45, 7) is 0. The number of carbonyl (C=O) groups is 1. The van der Waals surface area contributed by atoms with E-state index >= 15 is 0 Å². The first kappa shape index (κ1) is 11.7. The quantitative estimate of drug-likeness (QED) is 0.834. The molecule has 0 aromatic heterocycles. The third-order valence-electron chi connectivity index (χ3n) is 2.43. The van der Waals surface area contributed by atoms with E-state index < -0.39 is 5.97 Å². The van der Waals surface area contributed by atoms with Crippen molar-refractivity contribution in [1.82, 2.24) is 0 Å². The number of halogens is 1. The van der Waals surface area contributed by atoms with E-state index in [9.17, 15) is 4.79 Å². The van der Waals surface area contributed by atoms with Crippen molar-refractivity contribution in [2.45, 2.75) is 0 Å². The van der Waals surface area contributed by atoms with Gasteiger partial charge in [-0.15, -0.1) is 0 Å². The predicted molar refractivity (Wildman–Crippen MR) is 70.9 cm³/mol. The Hall–Kier alpha value is -1.81. The Morgan fingerprint density at radius 2 is 1.76 bits per heavy atom. The van der Waals surface area contributed by atoms with E-state index in [1.54, 1.807) is 12.1 Å². The molecule has 0 unspecified atom stereocenters. The van der Waals surface area contributed by atoms with Crippen molar-refractivity contribution in [2.75, 3.05) is 5.73 Å². The summed E-state index contributed by atoms with van der Waals surface area (Å²) < 4.78 is 0.952. The zero-order valence-electron chi connectivity index (χ0n) is 8.85. The van der Waals surface area contributed by atoms with Crippen LogP contribution in [0.25, 0.3) is 11.1 Å². The fourth-order valence-corrected chi connectivity index (χ4v) is 1.88. The van der Waals surface area contributed by atoms with Crippen LogP contribution in [0, 0.1) is 0 Å². The molecule has 0 saturated heterocycles. The van der Waals surface area contributed by atoms with Crippen molar-refractivity contribution in [3.05, 3.63) is 52.5 Å². The Morgan fingerprint density at radius 3 is 2.35 bits per heavy atom. The number of hydrogen-bond acceptors (Lipinski definition) is 2. The van der Waals surface area contributed by atoms with Crippen LogP contribution in [0.4, 0.5) is 5.69 Å². The van der Waals surface area contributed by atoms with Gasteiger partial charge in [-0.1, -0.05) is 34.1 Å². The highest BCUT2D eigenvalue weighted by Gasteiger charge is 2.11. The van der Waals surface area contributed by atoms with Gasteiger partial charge in [-0.2, -0.15) is 0 Å². The van der Waals surface area contributed by atoms with Crippen LogP contribution in [0.5, 0.6) is 0 Å². The molecule has 17 heavy (non-hydrogen) atoms. The lowest BCUT2D eigenvalue weighted by atomic mass is 9.99. The zero-order valence-corrected chi connectivity index (χ0v) is 10.4. The smallest absolute Gasteiger partial charge is 0.336 e. The Morgan fingerprint density at radius 1 is 1.12 bits per heavy atom. The van der Waals surface area contributed by atoms with Crippen LogP contribution in [-0.4, -0.2) is 11.1 Å². The molecule has 2 aromatic rings. The largest absolute Gasteiger partial charge is 0.478 e. The van der Waals surface area contributed by atoms with Gasteiger partial charge in [-0.3, -0.25) is 0 Å². The molecule has 0 saturated carbocycles. The summed E-state index contributed by atoms with van der Waals surface area (Å²) in [7, 11) is 0. The minimum Gasteiger partial charge on any atom is -0.478 e. The molecule has 0 atom stereocenters. The number of carboxylic acid groups (broad SMARTS) is 1. The second-order valence-corrected chi connectivity index (χ2v) is 4.53.